The highest BCUT2D eigenvalue weighted by Crippen LogP contribution is 2.20. The number of carbonyl (C=O) groups excluding carboxylic acids is 3. The Kier molecular flexibility index (Phi) is 7.22. The highest BCUT2D eigenvalue weighted by atomic mass is 16.6. The molecule has 0 aliphatic carbocycles. The van der Waals surface area contributed by atoms with Crippen LogP contribution in [0.15, 0.2) is 66.7 Å². The summed E-state index contributed by atoms with van der Waals surface area (Å²) in [6.07, 6.45) is 0. The molecule has 0 bridgehead atoms. The lowest BCUT2D eigenvalue weighted by molar-refractivity contribution is -0.153. The van der Waals surface area contributed by atoms with Crippen molar-refractivity contribution in [3.05, 3.63) is 72.3 Å². The molecule has 0 heterocycles. The average Bonchev–Trinajstić information content (AvgIpc) is 2.77. The van der Waals surface area contributed by atoms with Crippen molar-refractivity contribution in [1.82, 2.24) is 4.90 Å². The quantitative estimate of drug-likeness (QED) is 0.566. The van der Waals surface area contributed by atoms with Gasteiger partial charge in [-0.3, -0.25) is 9.59 Å². The molecular weight excluding hydrogens is 396 g/mol. The number of benzene rings is 3. The standard InChI is InChI=1S/C24H24N2O5/c1-17-7-10-20(11-8-17)25-22(27)14-26(2)23(28)15-31-24(29)16-30-21-12-9-18-5-3-4-6-19(18)13-21/h3-13H,14-16H2,1-2H3,(H,25,27). The summed E-state index contributed by atoms with van der Waals surface area (Å²) in [6.45, 7) is 1.02. The summed E-state index contributed by atoms with van der Waals surface area (Å²) in [5.74, 6) is -0.963. The van der Waals surface area contributed by atoms with E-state index in [1.165, 1.54) is 11.9 Å². The number of hydrogen-bond acceptors (Lipinski definition) is 5. The first kappa shape index (κ1) is 21.8. The monoisotopic (exact) mass is 420 g/mol. The van der Waals surface area contributed by atoms with E-state index in [0.717, 1.165) is 16.3 Å². The van der Waals surface area contributed by atoms with Gasteiger partial charge in [-0.2, -0.15) is 0 Å². The Morgan fingerprint density at radius 2 is 1.61 bits per heavy atom. The number of rotatable bonds is 8. The Morgan fingerprint density at radius 1 is 0.903 bits per heavy atom. The Hall–Kier alpha value is -3.87. The van der Waals surface area contributed by atoms with Gasteiger partial charge in [0.05, 0.1) is 6.54 Å². The van der Waals surface area contributed by atoms with Gasteiger partial charge in [0.25, 0.3) is 5.91 Å². The van der Waals surface area contributed by atoms with Crippen LogP contribution in [0.5, 0.6) is 5.75 Å². The molecule has 3 aromatic rings. The lowest BCUT2D eigenvalue weighted by Crippen LogP contribution is -2.37. The van der Waals surface area contributed by atoms with E-state index in [1.807, 2.05) is 55.5 Å². The van der Waals surface area contributed by atoms with E-state index in [4.69, 9.17) is 9.47 Å². The van der Waals surface area contributed by atoms with E-state index >= 15 is 0 Å². The number of fused-ring (bicyclic) bond motifs is 1. The zero-order valence-corrected chi connectivity index (χ0v) is 17.5. The smallest absolute Gasteiger partial charge is 0.344 e. The largest absolute Gasteiger partial charge is 0.482 e. The Bertz CT molecular complexity index is 1080. The lowest BCUT2D eigenvalue weighted by atomic mass is 10.1. The van der Waals surface area contributed by atoms with Crippen LogP contribution in [0, 0.1) is 6.92 Å². The van der Waals surface area contributed by atoms with Crippen molar-refractivity contribution in [2.24, 2.45) is 0 Å². The molecule has 0 aliphatic rings. The highest BCUT2D eigenvalue weighted by Gasteiger charge is 2.15. The van der Waals surface area contributed by atoms with E-state index in [9.17, 15) is 14.4 Å². The maximum Gasteiger partial charge on any atom is 0.344 e. The fourth-order valence-corrected chi connectivity index (χ4v) is 2.83. The predicted octanol–water partition coefficient (Wildman–Crippen LogP) is 3.17. The molecule has 7 nitrogen and oxygen atoms in total. The second kappa shape index (κ2) is 10.2. The van der Waals surface area contributed by atoms with Gasteiger partial charge < -0.3 is 19.7 Å². The summed E-state index contributed by atoms with van der Waals surface area (Å²) in [7, 11) is 1.47. The Labute approximate surface area is 180 Å². The first-order valence-electron chi connectivity index (χ1n) is 9.78. The maximum absolute atomic E-state index is 12.1. The first-order valence-corrected chi connectivity index (χ1v) is 9.78. The van der Waals surface area contributed by atoms with Crippen LogP contribution >= 0.6 is 0 Å². The number of amides is 2. The van der Waals surface area contributed by atoms with Crippen LogP contribution in [0.3, 0.4) is 0 Å². The van der Waals surface area contributed by atoms with Crippen LogP contribution in [0.4, 0.5) is 5.69 Å². The molecule has 0 unspecified atom stereocenters. The Balaban J connectivity index is 1.39. The summed E-state index contributed by atoms with van der Waals surface area (Å²) in [5.41, 5.74) is 1.73. The number of anilines is 1. The van der Waals surface area contributed by atoms with E-state index in [2.05, 4.69) is 5.32 Å². The third-order valence-electron chi connectivity index (χ3n) is 4.58. The van der Waals surface area contributed by atoms with Crippen molar-refractivity contribution in [2.75, 3.05) is 32.1 Å². The molecule has 2 amide bonds. The van der Waals surface area contributed by atoms with Gasteiger partial charge in [-0.25, -0.2) is 4.79 Å². The molecule has 7 heteroatoms. The molecule has 3 aromatic carbocycles. The Morgan fingerprint density at radius 3 is 2.35 bits per heavy atom. The molecule has 0 fully saturated rings. The number of carbonyl (C=O) groups is 3. The number of nitrogens with one attached hydrogen (secondary N) is 1. The molecular formula is C24H24N2O5. The van der Waals surface area contributed by atoms with E-state index in [1.54, 1.807) is 18.2 Å². The predicted molar refractivity (Wildman–Crippen MR) is 118 cm³/mol. The maximum atomic E-state index is 12.1. The van der Waals surface area contributed by atoms with Crippen molar-refractivity contribution in [2.45, 2.75) is 6.92 Å². The molecule has 31 heavy (non-hydrogen) atoms. The first-order chi connectivity index (χ1) is 14.9. The fraction of sp³-hybridized carbons (Fsp3) is 0.208. The van der Waals surface area contributed by atoms with Crippen molar-refractivity contribution >= 4 is 34.2 Å². The van der Waals surface area contributed by atoms with Gasteiger partial charge in [0.15, 0.2) is 13.2 Å². The molecule has 3 rings (SSSR count). The van der Waals surface area contributed by atoms with Crippen LogP contribution in [-0.4, -0.2) is 49.5 Å². The molecule has 0 radical (unpaired) electrons. The number of likely N-dealkylation sites (N-methyl/N-ethyl adjacent to an activating group) is 1. The molecule has 0 saturated heterocycles. The minimum atomic E-state index is -0.668. The van der Waals surface area contributed by atoms with Crippen molar-refractivity contribution in [3.63, 3.8) is 0 Å². The fourth-order valence-electron chi connectivity index (χ4n) is 2.83. The molecule has 0 saturated carbocycles. The zero-order valence-electron chi connectivity index (χ0n) is 17.5. The van der Waals surface area contributed by atoms with E-state index in [-0.39, 0.29) is 19.1 Å². The SMILES string of the molecule is Cc1ccc(NC(=O)CN(C)C(=O)COC(=O)COc2ccc3ccccc3c2)cc1. The van der Waals surface area contributed by atoms with Gasteiger partial charge >= 0.3 is 5.97 Å². The van der Waals surface area contributed by atoms with Crippen LogP contribution in [0.2, 0.25) is 0 Å². The summed E-state index contributed by atoms with van der Waals surface area (Å²) in [6, 6.07) is 20.6. The van der Waals surface area contributed by atoms with Crippen molar-refractivity contribution in [1.29, 1.82) is 0 Å². The third kappa shape index (κ3) is 6.57. The van der Waals surface area contributed by atoms with Gasteiger partial charge in [0, 0.05) is 12.7 Å². The van der Waals surface area contributed by atoms with Gasteiger partial charge in [-0.15, -0.1) is 0 Å². The van der Waals surface area contributed by atoms with Crippen LogP contribution < -0.4 is 10.1 Å². The number of hydrogen-bond donors (Lipinski definition) is 1. The van der Waals surface area contributed by atoms with Gasteiger partial charge in [0.2, 0.25) is 5.91 Å². The normalized spacial score (nSPS) is 10.4. The second-order valence-corrected chi connectivity index (χ2v) is 7.12. The molecule has 0 aromatic heterocycles. The van der Waals surface area contributed by atoms with Crippen molar-refractivity contribution in [3.8, 4) is 5.75 Å². The third-order valence-corrected chi connectivity index (χ3v) is 4.58. The van der Waals surface area contributed by atoms with Crippen LogP contribution in [-0.2, 0) is 19.1 Å². The summed E-state index contributed by atoms with van der Waals surface area (Å²) >= 11 is 0. The van der Waals surface area contributed by atoms with Gasteiger partial charge in [0.1, 0.15) is 5.75 Å². The minimum Gasteiger partial charge on any atom is -0.482 e. The highest BCUT2D eigenvalue weighted by molar-refractivity contribution is 5.94. The average molecular weight is 420 g/mol. The van der Waals surface area contributed by atoms with Crippen LogP contribution in [0.1, 0.15) is 5.56 Å². The number of nitrogens with zero attached hydrogens (tertiary/aromatic N) is 1. The van der Waals surface area contributed by atoms with Gasteiger partial charge in [-0.05, 0) is 42.0 Å². The zero-order chi connectivity index (χ0) is 22.2. The topological polar surface area (TPSA) is 84.9 Å². The number of ether oxygens (including phenoxy) is 2. The second-order valence-electron chi connectivity index (χ2n) is 7.12. The van der Waals surface area contributed by atoms with E-state index in [0.29, 0.717) is 11.4 Å². The molecule has 0 atom stereocenters. The molecule has 0 aliphatic heterocycles. The van der Waals surface area contributed by atoms with Crippen LogP contribution in [0.25, 0.3) is 10.8 Å². The number of esters is 1. The van der Waals surface area contributed by atoms with E-state index < -0.39 is 18.5 Å². The summed E-state index contributed by atoms with van der Waals surface area (Å²) in [4.78, 5) is 37.3. The molecule has 0 spiro atoms. The summed E-state index contributed by atoms with van der Waals surface area (Å²) in [5, 5.41) is 4.77. The molecule has 160 valence electrons. The lowest BCUT2D eigenvalue weighted by Gasteiger charge is -2.17. The summed E-state index contributed by atoms with van der Waals surface area (Å²) < 4.78 is 10.4. The van der Waals surface area contributed by atoms with Crippen molar-refractivity contribution < 1.29 is 23.9 Å². The number of aryl methyl sites for hydroxylation is 1. The van der Waals surface area contributed by atoms with Gasteiger partial charge in [-0.1, -0.05) is 48.0 Å². The molecule has 1 N–H and O–H groups in total. The minimum absolute atomic E-state index is 0.155.